The number of rotatable bonds is 6. The normalized spacial score (nSPS) is 10.8. The highest BCUT2D eigenvalue weighted by atomic mass is 32.2. The molecule has 128 valence electrons. The predicted molar refractivity (Wildman–Crippen MR) is 97.9 cm³/mol. The lowest BCUT2D eigenvalue weighted by Gasteiger charge is -2.09. The first kappa shape index (κ1) is 17.0. The summed E-state index contributed by atoms with van der Waals surface area (Å²) >= 11 is 1.58. The van der Waals surface area contributed by atoms with Gasteiger partial charge in [0, 0.05) is 17.8 Å². The lowest BCUT2D eigenvalue weighted by Crippen LogP contribution is -2.19. The minimum Gasteiger partial charge on any atom is -0.325 e. The first-order chi connectivity index (χ1) is 12.1. The molecule has 0 saturated heterocycles. The van der Waals surface area contributed by atoms with E-state index in [0.29, 0.717) is 5.69 Å². The maximum absolute atomic E-state index is 12.4. The van der Waals surface area contributed by atoms with Crippen molar-refractivity contribution in [1.82, 2.24) is 9.55 Å². The SMILES string of the molecule is CCSc1nc2ccccc2n1CC(=O)Nc1ccc([N+](=O)[O-])cc1. The van der Waals surface area contributed by atoms with E-state index >= 15 is 0 Å². The van der Waals surface area contributed by atoms with E-state index in [4.69, 9.17) is 0 Å². The van der Waals surface area contributed by atoms with E-state index < -0.39 is 4.92 Å². The monoisotopic (exact) mass is 356 g/mol. The van der Waals surface area contributed by atoms with Gasteiger partial charge >= 0.3 is 0 Å². The third-order valence-electron chi connectivity index (χ3n) is 3.56. The molecule has 3 rings (SSSR count). The number of hydrogen-bond donors (Lipinski definition) is 1. The summed E-state index contributed by atoms with van der Waals surface area (Å²) in [5, 5.41) is 14.2. The van der Waals surface area contributed by atoms with Crippen molar-refractivity contribution in [3.05, 3.63) is 58.6 Å². The molecule has 2 aromatic carbocycles. The highest BCUT2D eigenvalue weighted by Crippen LogP contribution is 2.24. The summed E-state index contributed by atoms with van der Waals surface area (Å²) < 4.78 is 1.88. The largest absolute Gasteiger partial charge is 0.325 e. The van der Waals surface area contributed by atoms with Gasteiger partial charge < -0.3 is 9.88 Å². The molecule has 0 aliphatic carbocycles. The van der Waals surface area contributed by atoms with E-state index in [0.717, 1.165) is 21.9 Å². The number of nitrogens with one attached hydrogen (secondary N) is 1. The van der Waals surface area contributed by atoms with Gasteiger partial charge in [0.2, 0.25) is 5.91 Å². The number of nitro benzene ring substituents is 1. The Balaban J connectivity index is 1.79. The number of anilines is 1. The van der Waals surface area contributed by atoms with Gasteiger partial charge in [0.25, 0.3) is 5.69 Å². The predicted octanol–water partition coefficient (Wildman–Crippen LogP) is 3.70. The second-order valence-corrected chi connectivity index (χ2v) is 6.49. The Bertz CT molecular complexity index is 921. The molecule has 8 heteroatoms. The number of hydrogen-bond acceptors (Lipinski definition) is 5. The van der Waals surface area contributed by atoms with Gasteiger partial charge in [-0.15, -0.1) is 0 Å². The van der Waals surface area contributed by atoms with E-state index in [1.165, 1.54) is 24.3 Å². The molecule has 0 radical (unpaired) electrons. The van der Waals surface area contributed by atoms with Gasteiger partial charge in [0.15, 0.2) is 5.16 Å². The second kappa shape index (κ2) is 7.35. The molecular weight excluding hydrogens is 340 g/mol. The molecule has 1 heterocycles. The van der Waals surface area contributed by atoms with Crippen molar-refractivity contribution in [1.29, 1.82) is 0 Å². The van der Waals surface area contributed by atoms with Crippen molar-refractivity contribution < 1.29 is 9.72 Å². The van der Waals surface area contributed by atoms with E-state index in [1.54, 1.807) is 11.8 Å². The van der Waals surface area contributed by atoms with Crippen molar-refractivity contribution >= 4 is 40.1 Å². The molecule has 3 aromatic rings. The van der Waals surface area contributed by atoms with Crippen LogP contribution < -0.4 is 5.32 Å². The summed E-state index contributed by atoms with van der Waals surface area (Å²) in [6.45, 7) is 2.16. The Morgan fingerprint density at radius 2 is 1.96 bits per heavy atom. The number of nitrogens with zero attached hydrogens (tertiary/aromatic N) is 3. The number of aromatic nitrogens is 2. The van der Waals surface area contributed by atoms with Crippen molar-refractivity contribution in [2.45, 2.75) is 18.6 Å². The Morgan fingerprint density at radius 1 is 1.24 bits per heavy atom. The molecule has 0 aliphatic rings. The third kappa shape index (κ3) is 3.80. The molecule has 0 saturated carbocycles. The fraction of sp³-hybridized carbons (Fsp3) is 0.176. The van der Waals surface area contributed by atoms with Crippen molar-refractivity contribution in [3.63, 3.8) is 0 Å². The lowest BCUT2D eigenvalue weighted by molar-refractivity contribution is -0.384. The molecule has 0 spiro atoms. The minimum absolute atomic E-state index is 0.0137. The van der Waals surface area contributed by atoms with Crippen LogP contribution in [0.25, 0.3) is 11.0 Å². The number of benzene rings is 2. The number of amides is 1. The molecule has 0 bridgehead atoms. The summed E-state index contributed by atoms with van der Waals surface area (Å²) in [6.07, 6.45) is 0. The molecule has 0 fully saturated rings. The van der Waals surface area contributed by atoms with Crippen LogP contribution in [0.1, 0.15) is 6.92 Å². The third-order valence-corrected chi connectivity index (χ3v) is 4.42. The van der Waals surface area contributed by atoms with Crippen LogP contribution in [0.4, 0.5) is 11.4 Å². The number of non-ortho nitro benzene ring substituents is 1. The van der Waals surface area contributed by atoms with Crippen molar-refractivity contribution in [2.24, 2.45) is 0 Å². The minimum atomic E-state index is -0.475. The maximum Gasteiger partial charge on any atom is 0.269 e. The van der Waals surface area contributed by atoms with Gasteiger partial charge in [-0.1, -0.05) is 30.8 Å². The van der Waals surface area contributed by atoms with Gasteiger partial charge in [-0.25, -0.2) is 4.98 Å². The molecule has 1 N–H and O–H groups in total. The first-order valence-corrected chi connectivity index (χ1v) is 8.69. The standard InChI is InChI=1S/C17H16N4O3S/c1-2-25-17-19-14-5-3-4-6-15(14)20(17)11-16(22)18-12-7-9-13(10-8-12)21(23)24/h3-10H,2,11H2,1H3,(H,18,22). The maximum atomic E-state index is 12.4. The molecule has 25 heavy (non-hydrogen) atoms. The van der Waals surface area contributed by atoms with E-state index in [1.807, 2.05) is 35.8 Å². The number of para-hydroxylation sites is 2. The van der Waals surface area contributed by atoms with E-state index in [2.05, 4.69) is 10.3 Å². The number of imidazole rings is 1. The molecule has 0 unspecified atom stereocenters. The van der Waals surface area contributed by atoms with Gasteiger partial charge in [0.1, 0.15) is 6.54 Å². The van der Waals surface area contributed by atoms with Gasteiger partial charge in [-0.3, -0.25) is 14.9 Å². The Kier molecular flexibility index (Phi) is 4.99. The molecule has 7 nitrogen and oxygen atoms in total. The summed E-state index contributed by atoms with van der Waals surface area (Å²) in [5.41, 5.74) is 2.25. The summed E-state index contributed by atoms with van der Waals surface area (Å²) in [7, 11) is 0. The van der Waals surface area contributed by atoms with Crippen LogP contribution in [0.15, 0.2) is 53.7 Å². The number of thioether (sulfide) groups is 1. The van der Waals surface area contributed by atoms with Gasteiger partial charge in [-0.2, -0.15) is 0 Å². The highest BCUT2D eigenvalue weighted by molar-refractivity contribution is 7.99. The Hall–Kier alpha value is -2.87. The summed E-state index contributed by atoms with van der Waals surface area (Å²) in [4.78, 5) is 27.2. The molecular formula is C17H16N4O3S. The van der Waals surface area contributed by atoms with Gasteiger partial charge in [0.05, 0.1) is 16.0 Å². The van der Waals surface area contributed by atoms with Crippen LogP contribution in [0.3, 0.4) is 0 Å². The molecule has 0 aliphatic heterocycles. The summed E-state index contributed by atoms with van der Waals surface area (Å²) in [6, 6.07) is 13.4. The van der Waals surface area contributed by atoms with Crippen molar-refractivity contribution in [3.8, 4) is 0 Å². The van der Waals surface area contributed by atoms with Crippen LogP contribution in [-0.2, 0) is 11.3 Å². The zero-order chi connectivity index (χ0) is 17.8. The molecule has 0 atom stereocenters. The fourth-order valence-electron chi connectivity index (χ4n) is 2.46. The van der Waals surface area contributed by atoms with Crippen LogP contribution in [0, 0.1) is 10.1 Å². The molecule has 1 aromatic heterocycles. The highest BCUT2D eigenvalue weighted by Gasteiger charge is 2.14. The zero-order valence-corrected chi connectivity index (χ0v) is 14.3. The summed E-state index contributed by atoms with van der Waals surface area (Å²) in [5.74, 6) is 0.641. The van der Waals surface area contributed by atoms with E-state index in [-0.39, 0.29) is 18.1 Å². The lowest BCUT2D eigenvalue weighted by atomic mass is 10.3. The van der Waals surface area contributed by atoms with E-state index in [9.17, 15) is 14.9 Å². The first-order valence-electron chi connectivity index (χ1n) is 7.71. The quantitative estimate of drug-likeness (QED) is 0.413. The fourth-order valence-corrected chi connectivity index (χ4v) is 3.20. The van der Waals surface area contributed by atoms with Crippen LogP contribution in [0.5, 0.6) is 0 Å². The Labute approximate surface area is 148 Å². The smallest absolute Gasteiger partial charge is 0.269 e. The Morgan fingerprint density at radius 3 is 2.64 bits per heavy atom. The van der Waals surface area contributed by atoms with Crippen molar-refractivity contribution in [2.75, 3.05) is 11.1 Å². The average Bonchev–Trinajstić information content (AvgIpc) is 2.93. The number of nitro groups is 1. The second-order valence-electron chi connectivity index (χ2n) is 5.25. The van der Waals surface area contributed by atoms with Crippen LogP contribution in [-0.4, -0.2) is 26.1 Å². The molecule has 1 amide bonds. The van der Waals surface area contributed by atoms with Gasteiger partial charge in [-0.05, 0) is 30.0 Å². The van der Waals surface area contributed by atoms with Crippen LogP contribution >= 0.6 is 11.8 Å². The van der Waals surface area contributed by atoms with Crippen LogP contribution in [0.2, 0.25) is 0 Å². The number of fused-ring (bicyclic) bond motifs is 1. The zero-order valence-electron chi connectivity index (χ0n) is 13.5. The number of carbonyl (C=O) groups excluding carboxylic acids is 1. The number of carbonyl (C=O) groups is 1. The average molecular weight is 356 g/mol. The topological polar surface area (TPSA) is 90.1 Å².